The van der Waals surface area contributed by atoms with Gasteiger partial charge in [0.1, 0.15) is 5.75 Å². The lowest BCUT2D eigenvalue weighted by Crippen LogP contribution is -2.48. The van der Waals surface area contributed by atoms with Crippen LogP contribution in [0.4, 0.5) is 4.79 Å². The molecule has 1 aromatic carbocycles. The minimum Gasteiger partial charge on any atom is -0.508 e. The quantitative estimate of drug-likeness (QED) is 0.862. The molecular weight excluding hydrogens is 264 g/mol. The molecule has 2 aliphatic rings. The SMILES string of the molecule is O=C(N1CCCCC1)N1CCC(c2ccc(O)cc2)CC1. The molecule has 0 unspecified atom stereocenters. The first-order valence-electron chi connectivity index (χ1n) is 8.07. The van der Waals surface area contributed by atoms with Crippen molar-refractivity contribution in [2.24, 2.45) is 0 Å². The van der Waals surface area contributed by atoms with Crippen LogP contribution in [0.15, 0.2) is 24.3 Å². The lowest BCUT2D eigenvalue weighted by molar-refractivity contribution is 0.132. The van der Waals surface area contributed by atoms with Crippen molar-refractivity contribution in [3.63, 3.8) is 0 Å². The Bertz CT molecular complexity index is 472. The van der Waals surface area contributed by atoms with Crippen molar-refractivity contribution in [1.82, 2.24) is 9.80 Å². The predicted molar refractivity (Wildman–Crippen MR) is 82.5 cm³/mol. The van der Waals surface area contributed by atoms with Gasteiger partial charge in [0.05, 0.1) is 0 Å². The highest BCUT2D eigenvalue weighted by molar-refractivity contribution is 5.74. The van der Waals surface area contributed by atoms with Crippen LogP contribution in [0.25, 0.3) is 0 Å². The largest absolute Gasteiger partial charge is 0.508 e. The van der Waals surface area contributed by atoms with Crippen molar-refractivity contribution in [1.29, 1.82) is 0 Å². The molecule has 1 aromatic rings. The van der Waals surface area contributed by atoms with Gasteiger partial charge in [-0.3, -0.25) is 0 Å². The molecule has 2 aliphatic heterocycles. The Hall–Kier alpha value is -1.71. The maximum Gasteiger partial charge on any atom is 0.319 e. The van der Waals surface area contributed by atoms with Gasteiger partial charge in [-0.25, -0.2) is 4.79 Å². The number of rotatable bonds is 1. The van der Waals surface area contributed by atoms with Gasteiger partial charge in [0.25, 0.3) is 0 Å². The third-order valence-corrected chi connectivity index (χ3v) is 4.76. The lowest BCUT2D eigenvalue weighted by Gasteiger charge is -2.37. The summed E-state index contributed by atoms with van der Waals surface area (Å²) in [7, 11) is 0. The molecule has 0 bridgehead atoms. The van der Waals surface area contributed by atoms with Crippen LogP contribution in [0.3, 0.4) is 0 Å². The van der Waals surface area contributed by atoms with Crippen LogP contribution in [0, 0.1) is 0 Å². The fourth-order valence-corrected chi connectivity index (χ4v) is 3.44. The number of hydrogen-bond donors (Lipinski definition) is 1. The molecule has 2 fully saturated rings. The number of phenols is 1. The van der Waals surface area contributed by atoms with E-state index in [9.17, 15) is 9.90 Å². The van der Waals surface area contributed by atoms with E-state index < -0.39 is 0 Å². The first-order valence-corrected chi connectivity index (χ1v) is 8.07. The molecule has 0 aliphatic carbocycles. The monoisotopic (exact) mass is 288 g/mol. The van der Waals surface area contributed by atoms with Crippen LogP contribution >= 0.6 is 0 Å². The number of piperidine rings is 2. The average Bonchev–Trinajstić information content (AvgIpc) is 2.56. The standard InChI is InChI=1S/C17H24N2O2/c20-16-6-4-14(5-7-16)15-8-12-19(13-9-15)17(21)18-10-2-1-3-11-18/h4-7,15,20H,1-3,8-13H2. The molecule has 0 spiro atoms. The summed E-state index contributed by atoms with van der Waals surface area (Å²) in [6, 6.07) is 7.74. The Balaban J connectivity index is 1.54. The average molecular weight is 288 g/mol. The van der Waals surface area contributed by atoms with Gasteiger partial charge in [-0.2, -0.15) is 0 Å². The third-order valence-electron chi connectivity index (χ3n) is 4.76. The van der Waals surface area contributed by atoms with Crippen LogP contribution in [0.1, 0.15) is 43.6 Å². The fourth-order valence-electron chi connectivity index (χ4n) is 3.44. The van der Waals surface area contributed by atoms with Crippen LogP contribution in [0.2, 0.25) is 0 Å². The number of nitrogens with zero attached hydrogens (tertiary/aromatic N) is 2. The Labute approximate surface area is 126 Å². The molecule has 0 saturated carbocycles. The van der Waals surface area contributed by atoms with Crippen LogP contribution < -0.4 is 0 Å². The number of aromatic hydroxyl groups is 1. The zero-order valence-electron chi connectivity index (χ0n) is 12.5. The van der Waals surface area contributed by atoms with E-state index >= 15 is 0 Å². The summed E-state index contributed by atoms with van der Waals surface area (Å²) in [5.41, 5.74) is 1.28. The van der Waals surface area contributed by atoms with Crippen LogP contribution in [-0.4, -0.2) is 47.1 Å². The van der Waals surface area contributed by atoms with Crippen molar-refractivity contribution in [2.45, 2.75) is 38.0 Å². The number of carbonyl (C=O) groups is 1. The number of urea groups is 1. The van der Waals surface area contributed by atoms with Gasteiger partial charge in [-0.05, 0) is 55.7 Å². The molecular formula is C17H24N2O2. The van der Waals surface area contributed by atoms with E-state index in [0.29, 0.717) is 11.7 Å². The zero-order valence-corrected chi connectivity index (χ0v) is 12.5. The Morgan fingerprint density at radius 2 is 1.48 bits per heavy atom. The van der Waals surface area contributed by atoms with E-state index in [4.69, 9.17) is 0 Å². The van der Waals surface area contributed by atoms with E-state index in [0.717, 1.165) is 51.9 Å². The molecule has 21 heavy (non-hydrogen) atoms. The maximum absolute atomic E-state index is 12.5. The normalized spacial score (nSPS) is 20.6. The second-order valence-corrected chi connectivity index (χ2v) is 6.18. The predicted octanol–water partition coefficient (Wildman–Crippen LogP) is 3.18. The van der Waals surface area contributed by atoms with Gasteiger partial charge in [-0.15, -0.1) is 0 Å². The molecule has 4 heteroatoms. The summed E-state index contributed by atoms with van der Waals surface area (Å²) in [5.74, 6) is 0.826. The molecule has 3 rings (SSSR count). The van der Waals surface area contributed by atoms with Crippen molar-refractivity contribution >= 4 is 6.03 Å². The number of benzene rings is 1. The lowest BCUT2D eigenvalue weighted by atomic mass is 9.89. The van der Waals surface area contributed by atoms with Crippen LogP contribution in [0.5, 0.6) is 5.75 Å². The number of amides is 2. The Morgan fingerprint density at radius 1 is 0.905 bits per heavy atom. The minimum absolute atomic E-state index is 0.235. The minimum atomic E-state index is 0.235. The summed E-state index contributed by atoms with van der Waals surface area (Å²) in [5, 5.41) is 9.36. The first kappa shape index (κ1) is 14.2. The van der Waals surface area contributed by atoms with Crippen molar-refractivity contribution in [3.8, 4) is 5.75 Å². The molecule has 4 nitrogen and oxygen atoms in total. The highest BCUT2D eigenvalue weighted by Crippen LogP contribution is 2.29. The molecule has 0 atom stereocenters. The second kappa shape index (κ2) is 6.37. The number of carbonyl (C=O) groups excluding carboxylic acids is 1. The molecule has 114 valence electrons. The topological polar surface area (TPSA) is 43.8 Å². The highest BCUT2D eigenvalue weighted by atomic mass is 16.3. The van der Waals surface area contributed by atoms with E-state index in [1.807, 2.05) is 21.9 Å². The number of likely N-dealkylation sites (tertiary alicyclic amines) is 2. The van der Waals surface area contributed by atoms with Gasteiger partial charge in [-0.1, -0.05) is 12.1 Å². The first-order chi connectivity index (χ1) is 10.2. The Morgan fingerprint density at radius 3 is 2.10 bits per heavy atom. The van der Waals surface area contributed by atoms with Gasteiger partial charge in [0.15, 0.2) is 0 Å². The smallest absolute Gasteiger partial charge is 0.319 e. The molecule has 0 radical (unpaired) electrons. The number of phenolic OH excluding ortho intramolecular Hbond substituents is 1. The molecule has 2 amide bonds. The van der Waals surface area contributed by atoms with Gasteiger partial charge in [0.2, 0.25) is 0 Å². The third kappa shape index (κ3) is 3.31. The fraction of sp³-hybridized carbons (Fsp3) is 0.588. The van der Waals surface area contributed by atoms with Crippen LogP contribution in [-0.2, 0) is 0 Å². The van der Waals surface area contributed by atoms with Gasteiger partial charge < -0.3 is 14.9 Å². The zero-order chi connectivity index (χ0) is 14.7. The van der Waals surface area contributed by atoms with Crippen molar-refractivity contribution in [2.75, 3.05) is 26.2 Å². The summed E-state index contributed by atoms with van der Waals surface area (Å²) >= 11 is 0. The summed E-state index contributed by atoms with van der Waals surface area (Å²) in [6.45, 7) is 3.55. The molecule has 0 aromatic heterocycles. The summed E-state index contributed by atoms with van der Waals surface area (Å²) < 4.78 is 0. The van der Waals surface area contributed by atoms with E-state index in [-0.39, 0.29) is 6.03 Å². The second-order valence-electron chi connectivity index (χ2n) is 6.18. The summed E-state index contributed by atoms with van der Waals surface area (Å²) in [4.78, 5) is 16.5. The molecule has 2 heterocycles. The van der Waals surface area contributed by atoms with E-state index in [1.165, 1.54) is 12.0 Å². The van der Waals surface area contributed by atoms with Crippen molar-refractivity contribution < 1.29 is 9.90 Å². The molecule has 1 N–H and O–H groups in total. The highest BCUT2D eigenvalue weighted by Gasteiger charge is 2.27. The van der Waals surface area contributed by atoms with Crippen molar-refractivity contribution in [3.05, 3.63) is 29.8 Å². The van der Waals surface area contributed by atoms with E-state index in [2.05, 4.69) is 0 Å². The maximum atomic E-state index is 12.5. The van der Waals surface area contributed by atoms with Gasteiger partial charge >= 0.3 is 6.03 Å². The summed E-state index contributed by atoms with van der Waals surface area (Å²) in [6.07, 6.45) is 5.59. The molecule has 2 saturated heterocycles. The number of hydrogen-bond acceptors (Lipinski definition) is 2. The van der Waals surface area contributed by atoms with E-state index in [1.54, 1.807) is 12.1 Å². The Kier molecular flexibility index (Phi) is 4.32. The van der Waals surface area contributed by atoms with Gasteiger partial charge in [0, 0.05) is 26.2 Å².